The average molecular weight is 283 g/mol. The summed E-state index contributed by atoms with van der Waals surface area (Å²) in [4.78, 5) is 34.8. The number of urea groups is 1. The van der Waals surface area contributed by atoms with Crippen LogP contribution in [-0.2, 0) is 4.79 Å². The maximum Gasteiger partial charge on any atom is 0.338 e. The molecule has 3 amide bonds. The van der Waals surface area contributed by atoms with Crippen molar-refractivity contribution in [3.05, 3.63) is 29.6 Å². The first-order valence-electron chi connectivity index (χ1n) is 5.59. The molecule has 0 atom stereocenters. The summed E-state index contributed by atoms with van der Waals surface area (Å²) in [5.74, 6) is -2.63. The van der Waals surface area contributed by atoms with Gasteiger partial charge in [0, 0.05) is 19.8 Å². The van der Waals surface area contributed by atoms with Gasteiger partial charge in [0.1, 0.15) is 5.82 Å². The van der Waals surface area contributed by atoms with Crippen LogP contribution in [0.2, 0.25) is 0 Å². The molecule has 0 aliphatic heterocycles. The summed E-state index contributed by atoms with van der Waals surface area (Å²) in [7, 11) is 3.09. The van der Waals surface area contributed by atoms with Gasteiger partial charge >= 0.3 is 12.0 Å². The van der Waals surface area contributed by atoms with Gasteiger partial charge in [-0.3, -0.25) is 4.79 Å². The van der Waals surface area contributed by atoms with Crippen LogP contribution >= 0.6 is 0 Å². The lowest BCUT2D eigenvalue weighted by molar-refractivity contribution is -0.127. The zero-order valence-corrected chi connectivity index (χ0v) is 10.9. The number of carbonyl (C=O) groups is 3. The molecule has 0 saturated carbocycles. The van der Waals surface area contributed by atoms with Gasteiger partial charge in [-0.25, -0.2) is 14.0 Å². The van der Waals surface area contributed by atoms with Crippen LogP contribution in [0.1, 0.15) is 10.4 Å². The molecule has 0 bridgehead atoms. The van der Waals surface area contributed by atoms with Gasteiger partial charge in [-0.2, -0.15) is 0 Å². The molecule has 0 fully saturated rings. The molecule has 0 saturated heterocycles. The molecule has 108 valence electrons. The van der Waals surface area contributed by atoms with Crippen molar-refractivity contribution in [2.75, 3.05) is 26.0 Å². The Bertz CT molecular complexity index is 546. The van der Waals surface area contributed by atoms with Crippen molar-refractivity contribution in [1.82, 2.24) is 10.2 Å². The van der Waals surface area contributed by atoms with Crippen molar-refractivity contribution < 1.29 is 23.9 Å². The maximum absolute atomic E-state index is 13.1. The smallest absolute Gasteiger partial charge is 0.338 e. The molecule has 0 aliphatic carbocycles. The van der Waals surface area contributed by atoms with Crippen molar-refractivity contribution in [3.8, 4) is 0 Å². The Balaban J connectivity index is 2.65. The Morgan fingerprint density at radius 2 is 1.95 bits per heavy atom. The summed E-state index contributed by atoms with van der Waals surface area (Å²) in [5, 5.41) is 13.3. The molecule has 3 N–H and O–H groups in total. The van der Waals surface area contributed by atoms with E-state index < -0.39 is 23.4 Å². The molecular weight excluding hydrogens is 269 g/mol. The highest BCUT2D eigenvalue weighted by molar-refractivity contribution is 5.94. The number of carbonyl (C=O) groups excluding carboxylic acids is 2. The summed E-state index contributed by atoms with van der Waals surface area (Å²) >= 11 is 0. The fraction of sp³-hybridized carbons (Fsp3) is 0.250. The minimum atomic E-state index is -1.44. The molecule has 1 aromatic carbocycles. The van der Waals surface area contributed by atoms with Crippen LogP contribution in [0.4, 0.5) is 14.9 Å². The Morgan fingerprint density at radius 3 is 2.50 bits per heavy atom. The summed E-state index contributed by atoms with van der Waals surface area (Å²) in [5.41, 5.74) is -0.439. The van der Waals surface area contributed by atoms with Crippen LogP contribution < -0.4 is 10.6 Å². The second-order valence-corrected chi connectivity index (χ2v) is 4.10. The molecule has 0 heterocycles. The Morgan fingerprint density at radius 1 is 1.30 bits per heavy atom. The van der Waals surface area contributed by atoms with Gasteiger partial charge in [0.15, 0.2) is 0 Å². The Labute approximate surface area is 114 Å². The summed E-state index contributed by atoms with van der Waals surface area (Å²) < 4.78 is 13.1. The predicted octanol–water partition coefficient (Wildman–Crippen LogP) is 0.734. The highest BCUT2D eigenvalue weighted by Gasteiger charge is 2.12. The lowest BCUT2D eigenvalue weighted by Crippen LogP contribution is -2.38. The standard InChI is InChI=1S/C12H14FN3O4/c1-16(2)10(17)6-14-12(20)15-7-3-4-9(13)8(5-7)11(18)19/h3-5H,6H2,1-2H3,(H,18,19)(H2,14,15,20). The number of benzene rings is 1. The van der Waals surface area contributed by atoms with Crippen molar-refractivity contribution >= 4 is 23.6 Å². The van der Waals surface area contributed by atoms with E-state index in [-0.39, 0.29) is 18.1 Å². The normalized spacial score (nSPS) is 9.75. The van der Waals surface area contributed by atoms with Gasteiger partial charge in [-0.1, -0.05) is 0 Å². The van der Waals surface area contributed by atoms with Crippen LogP contribution in [-0.4, -0.2) is 48.6 Å². The van der Waals surface area contributed by atoms with Gasteiger partial charge in [0.2, 0.25) is 5.91 Å². The highest BCUT2D eigenvalue weighted by Crippen LogP contribution is 2.14. The van der Waals surface area contributed by atoms with E-state index in [0.717, 1.165) is 12.1 Å². The van der Waals surface area contributed by atoms with E-state index in [0.29, 0.717) is 0 Å². The first-order chi connectivity index (χ1) is 9.31. The van der Waals surface area contributed by atoms with Crippen LogP contribution in [0.3, 0.4) is 0 Å². The highest BCUT2D eigenvalue weighted by atomic mass is 19.1. The van der Waals surface area contributed by atoms with Gasteiger partial charge < -0.3 is 20.6 Å². The average Bonchev–Trinajstić information content (AvgIpc) is 2.37. The van der Waals surface area contributed by atoms with Crippen molar-refractivity contribution in [1.29, 1.82) is 0 Å². The van der Waals surface area contributed by atoms with Crippen molar-refractivity contribution in [2.24, 2.45) is 0 Å². The number of nitrogens with one attached hydrogen (secondary N) is 2. The molecule has 1 rings (SSSR count). The van der Waals surface area contributed by atoms with E-state index in [1.807, 2.05) is 0 Å². The largest absolute Gasteiger partial charge is 0.478 e. The van der Waals surface area contributed by atoms with Crippen molar-refractivity contribution in [3.63, 3.8) is 0 Å². The molecule has 0 aromatic heterocycles. The van der Waals surface area contributed by atoms with Crippen LogP contribution in [0.5, 0.6) is 0 Å². The molecule has 20 heavy (non-hydrogen) atoms. The molecule has 0 unspecified atom stereocenters. The van der Waals surface area contributed by atoms with E-state index in [2.05, 4.69) is 10.6 Å². The second kappa shape index (κ2) is 6.50. The Kier molecular flexibility index (Phi) is 5.01. The fourth-order valence-corrected chi connectivity index (χ4v) is 1.26. The monoisotopic (exact) mass is 283 g/mol. The number of amides is 3. The minimum absolute atomic E-state index is 0.110. The zero-order chi connectivity index (χ0) is 15.3. The van der Waals surface area contributed by atoms with Crippen LogP contribution in [0, 0.1) is 5.82 Å². The summed E-state index contributed by atoms with van der Waals surface area (Å²) in [6, 6.07) is 2.45. The number of hydrogen-bond donors (Lipinski definition) is 3. The number of halogens is 1. The number of nitrogens with zero attached hydrogens (tertiary/aromatic N) is 1. The van der Waals surface area contributed by atoms with Crippen molar-refractivity contribution in [2.45, 2.75) is 0 Å². The fourth-order valence-electron chi connectivity index (χ4n) is 1.26. The minimum Gasteiger partial charge on any atom is -0.478 e. The quantitative estimate of drug-likeness (QED) is 0.758. The molecule has 0 aliphatic rings. The van der Waals surface area contributed by atoms with Crippen LogP contribution in [0.25, 0.3) is 0 Å². The van der Waals surface area contributed by atoms with E-state index >= 15 is 0 Å². The first-order valence-corrected chi connectivity index (χ1v) is 5.59. The van der Waals surface area contributed by atoms with E-state index in [9.17, 15) is 18.8 Å². The lowest BCUT2D eigenvalue weighted by atomic mass is 10.2. The number of carboxylic acids is 1. The number of carboxylic acid groups (broad SMARTS) is 1. The summed E-state index contributed by atoms with van der Waals surface area (Å²) in [6.07, 6.45) is 0. The molecule has 8 heteroatoms. The molecule has 7 nitrogen and oxygen atoms in total. The number of aromatic carboxylic acids is 1. The van der Waals surface area contributed by atoms with Gasteiger partial charge in [-0.05, 0) is 18.2 Å². The Hall–Kier alpha value is -2.64. The van der Waals surface area contributed by atoms with Gasteiger partial charge in [0.25, 0.3) is 0 Å². The number of likely N-dealkylation sites (N-methyl/N-ethyl adjacent to an activating group) is 1. The number of anilines is 1. The second-order valence-electron chi connectivity index (χ2n) is 4.10. The topological polar surface area (TPSA) is 98.7 Å². The van der Waals surface area contributed by atoms with E-state index in [1.165, 1.54) is 11.0 Å². The third-order valence-electron chi connectivity index (χ3n) is 2.35. The van der Waals surface area contributed by atoms with E-state index in [1.54, 1.807) is 14.1 Å². The molecule has 0 radical (unpaired) electrons. The summed E-state index contributed by atoms with van der Waals surface area (Å²) in [6.45, 7) is -0.203. The number of hydrogen-bond acceptors (Lipinski definition) is 3. The first kappa shape index (κ1) is 15.4. The predicted molar refractivity (Wildman–Crippen MR) is 69.1 cm³/mol. The lowest BCUT2D eigenvalue weighted by Gasteiger charge is -2.12. The SMILES string of the molecule is CN(C)C(=O)CNC(=O)Nc1ccc(F)c(C(=O)O)c1. The molecule has 1 aromatic rings. The van der Waals surface area contributed by atoms with Crippen LogP contribution in [0.15, 0.2) is 18.2 Å². The maximum atomic E-state index is 13.1. The molecular formula is C12H14FN3O4. The zero-order valence-electron chi connectivity index (χ0n) is 10.9. The number of rotatable bonds is 4. The van der Waals surface area contributed by atoms with E-state index in [4.69, 9.17) is 5.11 Å². The molecule has 0 spiro atoms. The van der Waals surface area contributed by atoms with Gasteiger partial charge in [-0.15, -0.1) is 0 Å². The van der Waals surface area contributed by atoms with Gasteiger partial charge in [0.05, 0.1) is 12.1 Å². The third-order valence-corrected chi connectivity index (χ3v) is 2.35. The third kappa shape index (κ3) is 4.23.